The standard InChI is InChI=1S/C17H17Cl3N2O2S/c18-10-5-6-12(13(19)9-10)15-16(20)25-17(21-15)22(8-7-14(23)24)11-3-1-2-4-11/h5-6,9,11H,1-4,7-8H2,(H,23,24)/p-1. The van der Waals surface area contributed by atoms with Gasteiger partial charge in [-0.1, -0.05) is 59.0 Å². The Labute approximate surface area is 165 Å². The molecule has 0 amide bonds. The lowest BCUT2D eigenvalue weighted by atomic mass is 10.2. The maximum absolute atomic E-state index is 10.9. The van der Waals surface area contributed by atoms with Crippen molar-refractivity contribution in [3.05, 3.63) is 32.6 Å². The van der Waals surface area contributed by atoms with E-state index in [4.69, 9.17) is 34.8 Å². The van der Waals surface area contributed by atoms with Crippen LogP contribution in [0, 0.1) is 0 Å². The van der Waals surface area contributed by atoms with Crippen LogP contribution in [0.4, 0.5) is 5.13 Å². The molecule has 1 aliphatic rings. The van der Waals surface area contributed by atoms with Gasteiger partial charge in [0, 0.05) is 35.6 Å². The number of aromatic nitrogens is 1. The third kappa shape index (κ3) is 4.40. The van der Waals surface area contributed by atoms with Crippen molar-refractivity contribution in [3.63, 3.8) is 0 Å². The van der Waals surface area contributed by atoms with Crippen molar-refractivity contribution in [2.24, 2.45) is 0 Å². The number of anilines is 1. The van der Waals surface area contributed by atoms with Crippen LogP contribution in [0.5, 0.6) is 0 Å². The minimum Gasteiger partial charge on any atom is -0.550 e. The van der Waals surface area contributed by atoms with Crippen molar-refractivity contribution in [2.45, 2.75) is 38.1 Å². The van der Waals surface area contributed by atoms with Crippen molar-refractivity contribution in [1.82, 2.24) is 4.98 Å². The fourth-order valence-corrected chi connectivity index (χ4v) is 4.88. The zero-order valence-corrected chi connectivity index (χ0v) is 16.4. The first kappa shape index (κ1) is 18.8. The summed E-state index contributed by atoms with van der Waals surface area (Å²) in [6.07, 6.45) is 4.30. The molecule has 0 spiro atoms. The van der Waals surface area contributed by atoms with E-state index in [0.29, 0.717) is 32.2 Å². The molecule has 0 aliphatic heterocycles. The Morgan fingerprint density at radius 3 is 2.64 bits per heavy atom. The van der Waals surface area contributed by atoms with Crippen molar-refractivity contribution in [3.8, 4) is 11.3 Å². The molecule has 1 saturated carbocycles. The molecule has 1 aromatic heterocycles. The second-order valence-electron chi connectivity index (χ2n) is 6.00. The number of halogens is 3. The van der Waals surface area contributed by atoms with E-state index in [1.54, 1.807) is 18.2 Å². The summed E-state index contributed by atoms with van der Waals surface area (Å²) in [7, 11) is 0. The summed E-state index contributed by atoms with van der Waals surface area (Å²) in [5.41, 5.74) is 1.31. The molecule has 3 rings (SSSR count). The van der Waals surface area contributed by atoms with E-state index >= 15 is 0 Å². The molecule has 0 bridgehead atoms. The fraction of sp³-hybridized carbons (Fsp3) is 0.412. The molecule has 1 aromatic carbocycles. The summed E-state index contributed by atoms with van der Waals surface area (Å²) in [6, 6.07) is 5.47. The maximum Gasteiger partial charge on any atom is 0.187 e. The van der Waals surface area contributed by atoms with Gasteiger partial charge in [0.05, 0.1) is 5.02 Å². The zero-order valence-electron chi connectivity index (χ0n) is 13.3. The Balaban J connectivity index is 1.93. The van der Waals surface area contributed by atoms with Crippen molar-refractivity contribution < 1.29 is 9.90 Å². The van der Waals surface area contributed by atoms with E-state index in [0.717, 1.165) is 30.8 Å². The van der Waals surface area contributed by atoms with E-state index < -0.39 is 5.97 Å². The fourth-order valence-electron chi connectivity index (χ4n) is 3.12. The molecular formula is C17H16Cl3N2O2S-. The molecule has 0 N–H and O–H groups in total. The number of hydrogen-bond donors (Lipinski definition) is 0. The average molecular weight is 419 g/mol. The van der Waals surface area contributed by atoms with Crippen LogP contribution >= 0.6 is 46.1 Å². The number of carbonyl (C=O) groups excluding carboxylic acids is 1. The van der Waals surface area contributed by atoms with Gasteiger partial charge in [-0.2, -0.15) is 0 Å². The lowest BCUT2D eigenvalue weighted by Gasteiger charge is -2.28. The largest absolute Gasteiger partial charge is 0.550 e. The summed E-state index contributed by atoms with van der Waals surface area (Å²) in [4.78, 5) is 17.6. The van der Waals surface area contributed by atoms with Gasteiger partial charge in [0.15, 0.2) is 5.13 Å². The average Bonchev–Trinajstić information content (AvgIpc) is 3.18. The Morgan fingerprint density at radius 2 is 2.00 bits per heavy atom. The number of carbonyl (C=O) groups is 1. The number of carboxylic acid groups (broad SMARTS) is 1. The second kappa shape index (κ2) is 8.12. The number of aliphatic carboxylic acids is 1. The highest BCUT2D eigenvalue weighted by atomic mass is 35.5. The van der Waals surface area contributed by atoms with Gasteiger partial charge < -0.3 is 14.8 Å². The number of rotatable bonds is 6. The minimum atomic E-state index is -1.06. The van der Waals surface area contributed by atoms with Crippen LogP contribution in [0.2, 0.25) is 14.4 Å². The highest BCUT2D eigenvalue weighted by Gasteiger charge is 2.26. The van der Waals surface area contributed by atoms with Gasteiger partial charge in [-0.05, 0) is 31.0 Å². The molecule has 25 heavy (non-hydrogen) atoms. The predicted molar refractivity (Wildman–Crippen MR) is 102 cm³/mol. The lowest BCUT2D eigenvalue weighted by molar-refractivity contribution is -0.305. The van der Waals surface area contributed by atoms with Crippen LogP contribution in [-0.4, -0.2) is 23.5 Å². The molecule has 1 fully saturated rings. The number of carboxylic acids is 1. The van der Waals surface area contributed by atoms with Crippen molar-refractivity contribution in [2.75, 3.05) is 11.4 Å². The molecule has 1 heterocycles. The Bertz CT molecular complexity index is 775. The van der Waals surface area contributed by atoms with Crippen LogP contribution in [0.3, 0.4) is 0 Å². The zero-order chi connectivity index (χ0) is 18.0. The first-order valence-corrected chi connectivity index (χ1v) is 9.99. The normalized spacial score (nSPS) is 14.8. The quantitative estimate of drug-likeness (QED) is 0.684. The molecule has 0 radical (unpaired) electrons. The first-order valence-electron chi connectivity index (χ1n) is 8.04. The summed E-state index contributed by atoms with van der Waals surface area (Å²) in [6.45, 7) is 0.366. The van der Waals surface area contributed by atoms with Crippen LogP contribution in [0.25, 0.3) is 11.3 Å². The number of thiazole rings is 1. The minimum absolute atomic E-state index is 0.0370. The molecule has 8 heteroatoms. The predicted octanol–water partition coefficient (Wildman–Crippen LogP) is 4.66. The third-order valence-corrected chi connectivity index (χ3v) is 6.17. The van der Waals surface area contributed by atoms with Crippen LogP contribution < -0.4 is 10.0 Å². The monoisotopic (exact) mass is 417 g/mol. The van der Waals surface area contributed by atoms with E-state index in [1.807, 2.05) is 4.90 Å². The van der Waals surface area contributed by atoms with E-state index in [9.17, 15) is 9.90 Å². The molecule has 0 atom stereocenters. The Morgan fingerprint density at radius 1 is 1.28 bits per heavy atom. The van der Waals surface area contributed by atoms with E-state index in [-0.39, 0.29) is 12.5 Å². The molecule has 0 saturated heterocycles. The van der Waals surface area contributed by atoms with E-state index in [1.165, 1.54) is 11.3 Å². The summed E-state index contributed by atoms with van der Waals surface area (Å²) in [5.74, 6) is -1.06. The molecule has 134 valence electrons. The molecule has 2 aromatic rings. The van der Waals surface area contributed by atoms with Gasteiger partial charge in [-0.15, -0.1) is 0 Å². The lowest BCUT2D eigenvalue weighted by Crippen LogP contribution is -2.37. The van der Waals surface area contributed by atoms with Gasteiger partial charge in [-0.3, -0.25) is 0 Å². The number of hydrogen-bond acceptors (Lipinski definition) is 5. The van der Waals surface area contributed by atoms with E-state index in [2.05, 4.69) is 4.98 Å². The smallest absolute Gasteiger partial charge is 0.187 e. The summed E-state index contributed by atoms with van der Waals surface area (Å²) in [5, 5.41) is 12.7. The molecule has 1 aliphatic carbocycles. The van der Waals surface area contributed by atoms with Gasteiger partial charge in [0.1, 0.15) is 10.0 Å². The van der Waals surface area contributed by atoms with Crippen LogP contribution in [0.15, 0.2) is 18.2 Å². The van der Waals surface area contributed by atoms with Crippen molar-refractivity contribution >= 4 is 57.2 Å². The topological polar surface area (TPSA) is 56.3 Å². The Kier molecular flexibility index (Phi) is 6.10. The SMILES string of the molecule is O=C([O-])CCN(c1nc(-c2ccc(Cl)cc2Cl)c(Cl)s1)C1CCCC1. The maximum atomic E-state index is 10.9. The molecular weight excluding hydrogens is 403 g/mol. The van der Waals surface area contributed by atoms with Crippen molar-refractivity contribution in [1.29, 1.82) is 0 Å². The highest BCUT2D eigenvalue weighted by Crippen LogP contribution is 2.41. The van der Waals surface area contributed by atoms with Gasteiger partial charge in [-0.25, -0.2) is 4.98 Å². The van der Waals surface area contributed by atoms with Gasteiger partial charge in [0.25, 0.3) is 0 Å². The van der Waals surface area contributed by atoms with Crippen LogP contribution in [0.1, 0.15) is 32.1 Å². The summed E-state index contributed by atoms with van der Waals surface area (Å²) >= 11 is 20.0. The highest BCUT2D eigenvalue weighted by molar-refractivity contribution is 7.20. The first-order chi connectivity index (χ1) is 12.0. The Hall–Kier alpha value is -1.01. The summed E-state index contributed by atoms with van der Waals surface area (Å²) < 4.78 is 0.524. The number of benzene rings is 1. The van der Waals surface area contributed by atoms with Gasteiger partial charge >= 0.3 is 0 Å². The third-order valence-electron chi connectivity index (χ3n) is 4.33. The second-order valence-corrected chi connectivity index (χ2v) is 8.42. The van der Waals surface area contributed by atoms with Crippen LogP contribution in [-0.2, 0) is 4.79 Å². The number of nitrogens with zero attached hydrogens (tertiary/aromatic N) is 2. The molecule has 0 unspecified atom stereocenters. The van der Waals surface area contributed by atoms with Gasteiger partial charge in [0.2, 0.25) is 0 Å². The molecule has 4 nitrogen and oxygen atoms in total.